The van der Waals surface area contributed by atoms with Crippen LogP contribution < -0.4 is 5.32 Å². The van der Waals surface area contributed by atoms with Crippen molar-refractivity contribution in [2.45, 2.75) is 44.3 Å². The van der Waals surface area contributed by atoms with Gasteiger partial charge < -0.3 is 9.88 Å². The van der Waals surface area contributed by atoms with Crippen LogP contribution >= 0.6 is 11.8 Å². The van der Waals surface area contributed by atoms with Crippen LogP contribution in [0.3, 0.4) is 0 Å². The smallest absolute Gasteiger partial charge is 0.230 e. The summed E-state index contributed by atoms with van der Waals surface area (Å²) in [6, 6.07) is 8.81. The van der Waals surface area contributed by atoms with Crippen molar-refractivity contribution in [1.29, 1.82) is 0 Å². The Labute approximate surface area is 140 Å². The molecule has 0 unspecified atom stereocenters. The van der Waals surface area contributed by atoms with E-state index in [9.17, 15) is 4.79 Å². The summed E-state index contributed by atoms with van der Waals surface area (Å²) in [5, 5.41) is 12.2. The van der Waals surface area contributed by atoms with Gasteiger partial charge in [0, 0.05) is 12.6 Å². The van der Waals surface area contributed by atoms with Crippen LogP contribution in [0.15, 0.2) is 29.4 Å². The van der Waals surface area contributed by atoms with Gasteiger partial charge in [0.05, 0.1) is 5.75 Å². The maximum atomic E-state index is 12.0. The van der Waals surface area contributed by atoms with Gasteiger partial charge in [-0.25, -0.2) is 0 Å². The van der Waals surface area contributed by atoms with Crippen molar-refractivity contribution in [1.82, 2.24) is 20.1 Å². The van der Waals surface area contributed by atoms with Crippen molar-refractivity contribution in [3.05, 3.63) is 41.2 Å². The molecule has 1 aliphatic rings. The molecule has 122 valence electrons. The summed E-state index contributed by atoms with van der Waals surface area (Å²) in [4.78, 5) is 12.0. The minimum atomic E-state index is 0.0478. The predicted octanol–water partition coefficient (Wildman–Crippen LogP) is 2.68. The lowest BCUT2D eigenvalue weighted by Crippen LogP contribution is -2.27. The van der Waals surface area contributed by atoms with Gasteiger partial charge in [0.2, 0.25) is 5.91 Å². The van der Waals surface area contributed by atoms with Crippen LogP contribution in [0.5, 0.6) is 0 Å². The number of thioether (sulfide) groups is 1. The maximum Gasteiger partial charge on any atom is 0.230 e. The number of nitrogens with one attached hydrogen (secondary N) is 1. The van der Waals surface area contributed by atoms with Crippen LogP contribution in [0.1, 0.15) is 35.8 Å². The first kappa shape index (κ1) is 16.1. The molecule has 23 heavy (non-hydrogen) atoms. The molecule has 6 heteroatoms. The summed E-state index contributed by atoms with van der Waals surface area (Å²) < 4.78 is 2.16. The van der Waals surface area contributed by atoms with Gasteiger partial charge >= 0.3 is 0 Å². The summed E-state index contributed by atoms with van der Waals surface area (Å²) in [6.07, 6.45) is 3.24. The summed E-state index contributed by atoms with van der Waals surface area (Å²) in [5.41, 5.74) is 2.55. The highest BCUT2D eigenvalue weighted by molar-refractivity contribution is 7.99. The van der Waals surface area contributed by atoms with Crippen LogP contribution in [0.2, 0.25) is 0 Å². The van der Waals surface area contributed by atoms with Gasteiger partial charge in [-0.3, -0.25) is 4.79 Å². The highest BCUT2D eigenvalue weighted by atomic mass is 32.2. The van der Waals surface area contributed by atoms with Gasteiger partial charge in [0.25, 0.3) is 0 Å². The second-order valence-electron chi connectivity index (χ2n) is 5.95. The topological polar surface area (TPSA) is 59.8 Å². The molecule has 1 N–H and O–H groups in total. The Morgan fingerprint density at radius 3 is 2.83 bits per heavy atom. The average molecular weight is 330 g/mol. The van der Waals surface area contributed by atoms with E-state index in [1.807, 2.05) is 19.1 Å². The zero-order chi connectivity index (χ0) is 16.2. The summed E-state index contributed by atoms with van der Waals surface area (Å²) in [7, 11) is 0. The number of aromatic nitrogens is 3. The Kier molecular flexibility index (Phi) is 5.00. The number of carbonyl (C=O) groups excluding carboxylic acids is 1. The second-order valence-corrected chi connectivity index (χ2v) is 6.89. The molecule has 0 atom stereocenters. The molecule has 0 spiro atoms. The summed E-state index contributed by atoms with van der Waals surface area (Å²) >= 11 is 1.47. The van der Waals surface area contributed by atoms with Crippen molar-refractivity contribution in [3.63, 3.8) is 0 Å². The molecular formula is C17H22N4OS. The molecule has 1 heterocycles. The fourth-order valence-electron chi connectivity index (χ4n) is 2.61. The molecule has 3 rings (SSSR count). The molecule has 0 bridgehead atoms. The highest BCUT2D eigenvalue weighted by Gasteiger charge is 2.28. The Morgan fingerprint density at radius 1 is 1.30 bits per heavy atom. The van der Waals surface area contributed by atoms with E-state index in [0.717, 1.165) is 17.4 Å². The van der Waals surface area contributed by atoms with E-state index < -0.39 is 0 Å². The molecule has 1 amide bonds. The summed E-state index contributed by atoms with van der Waals surface area (Å²) in [5.74, 6) is 1.38. The van der Waals surface area contributed by atoms with Crippen LogP contribution in [0.4, 0.5) is 0 Å². The minimum absolute atomic E-state index is 0.0478. The Balaban J connectivity index is 1.44. The van der Waals surface area contributed by atoms with E-state index in [1.165, 1.54) is 35.7 Å². The van der Waals surface area contributed by atoms with Gasteiger partial charge in [0.1, 0.15) is 5.82 Å². The monoisotopic (exact) mass is 330 g/mol. The average Bonchev–Trinajstić information content (AvgIpc) is 3.30. The van der Waals surface area contributed by atoms with Crippen LogP contribution in [-0.4, -0.2) is 33.0 Å². The number of hydrogen-bond donors (Lipinski definition) is 1. The van der Waals surface area contributed by atoms with E-state index in [0.29, 0.717) is 18.3 Å². The predicted molar refractivity (Wildman–Crippen MR) is 91.6 cm³/mol. The van der Waals surface area contributed by atoms with Crippen LogP contribution in [-0.2, 0) is 11.2 Å². The van der Waals surface area contributed by atoms with Crippen molar-refractivity contribution in [2.75, 3.05) is 12.3 Å². The van der Waals surface area contributed by atoms with Gasteiger partial charge in [-0.1, -0.05) is 36.0 Å². The lowest BCUT2D eigenvalue weighted by Gasteiger charge is -2.08. The quantitative estimate of drug-likeness (QED) is 0.793. The normalized spacial score (nSPS) is 14.0. The summed E-state index contributed by atoms with van der Waals surface area (Å²) in [6.45, 7) is 4.73. The van der Waals surface area contributed by atoms with Crippen molar-refractivity contribution < 1.29 is 4.79 Å². The van der Waals surface area contributed by atoms with E-state index >= 15 is 0 Å². The number of carbonyl (C=O) groups is 1. The van der Waals surface area contributed by atoms with Gasteiger partial charge in [-0.2, -0.15) is 0 Å². The van der Waals surface area contributed by atoms with E-state index in [-0.39, 0.29) is 5.91 Å². The molecule has 2 aromatic rings. The van der Waals surface area contributed by atoms with Crippen molar-refractivity contribution in [2.24, 2.45) is 0 Å². The van der Waals surface area contributed by atoms with Gasteiger partial charge in [-0.05, 0) is 44.2 Å². The SMILES string of the molecule is Cc1ccccc1CCNC(=O)CSc1nnc(C)n1C1CC1. The molecular weight excluding hydrogens is 308 g/mol. The number of aryl methyl sites for hydroxylation is 2. The van der Waals surface area contributed by atoms with E-state index in [2.05, 4.69) is 39.1 Å². The Bertz CT molecular complexity index is 694. The van der Waals surface area contributed by atoms with E-state index in [1.54, 1.807) is 0 Å². The Morgan fingerprint density at radius 2 is 2.09 bits per heavy atom. The number of nitrogens with zero attached hydrogens (tertiary/aromatic N) is 3. The molecule has 1 fully saturated rings. The van der Waals surface area contributed by atoms with Crippen molar-refractivity contribution >= 4 is 17.7 Å². The first-order valence-electron chi connectivity index (χ1n) is 8.00. The first-order chi connectivity index (χ1) is 11.1. The number of rotatable bonds is 7. The number of benzene rings is 1. The zero-order valence-corrected chi connectivity index (χ0v) is 14.4. The highest BCUT2D eigenvalue weighted by Crippen LogP contribution is 2.38. The third kappa shape index (κ3) is 4.13. The second kappa shape index (κ2) is 7.17. The third-order valence-corrected chi connectivity index (χ3v) is 5.00. The molecule has 0 radical (unpaired) electrons. The number of hydrogen-bond acceptors (Lipinski definition) is 4. The third-order valence-electron chi connectivity index (χ3n) is 4.06. The van der Waals surface area contributed by atoms with Crippen LogP contribution in [0, 0.1) is 13.8 Å². The zero-order valence-electron chi connectivity index (χ0n) is 13.6. The molecule has 0 saturated heterocycles. The fraction of sp³-hybridized carbons (Fsp3) is 0.471. The largest absolute Gasteiger partial charge is 0.355 e. The maximum absolute atomic E-state index is 12.0. The minimum Gasteiger partial charge on any atom is -0.355 e. The fourth-order valence-corrected chi connectivity index (χ4v) is 3.49. The lowest BCUT2D eigenvalue weighted by atomic mass is 10.1. The Hall–Kier alpha value is -1.82. The molecule has 1 aliphatic carbocycles. The molecule has 1 aromatic heterocycles. The molecule has 0 aliphatic heterocycles. The molecule has 1 aromatic carbocycles. The van der Waals surface area contributed by atoms with Gasteiger partial charge in [0.15, 0.2) is 5.16 Å². The molecule has 1 saturated carbocycles. The lowest BCUT2D eigenvalue weighted by molar-refractivity contribution is -0.118. The number of amides is 1. The molecule has 5 nitrogen and oxygen atoms in total. The van der Waals surface area contributed by atoms with E-state index in [4.69, 9.17) is 0 Å². The standard InChI is InChI=1S/C17H22N4OS/c1-12-5-3-4-6-14(12)9-10-18-16(22)11-23-17-20-19-13(2)21(17)15-7-8-15/h3-6,15H,7-11H2,1-2H3,(H,18,22). The van der Waals surface area contributed by atoms with Crippen LogP contribution in [0.25, 0.3) is 0 Å². The van der Waals surface area contributed by atoms with Gasteiger partial charge in [-0.15, -0.1) is 10.2 Å². The first-order valence-corrected chi connectivity index (χ1v) is 8.99. The van der Waals surface area contributed by atoms with Crippen molar-refractivity contribution in [3.8, 4) is 0 Å².